The van der Waals surface area contributed by atoms with E-state index in [1.54, 1.807) is 0 Å². The summed E-state index contributed by atoms with van der Waals surface area (Å²) in [5.41, 5.74) is 0. The Labute approximate surface area is 110 Å². The van der Waals surface area contributed by atoms with Gasteiger partial charge in [0.1, 0.15) is 3.78 Å². The third-order valence-electron chi connectivity index (χ3n) is 1.66. The molecule has 68 valence electrons. The van der Waals surface area contributed by atoms with Crippen LogP contribution in [0.5, 0.6) is 0 Å². The number of alkyl halides is 2. The van der Waals surface area contributed by atoms with Crippen LogP contribution >= 0.6 is 75.3 Å². The van der Waals surface area contributed by atoms with Crippen molar-refractivity contribution >= 4 is 75.3 Å². The van der Waals surface area contributed by atoms with Gasteiger partial charge in [-0.1, -0.05) is 44.9 Å². The normalized spacial score (nSPS) is 36.8. The fourth-order valence-corrected chi connectivity index (χ4v) is 3.60. The van der Waals surface area contributed by atoms with E-state index in [9.17, 15) is 0 Å². The molecule has 5 heteroatoms. The van der Waals surface area contributed by atoms with E-state index in [2.05, 4.69) is 69.8 Å². The van der Waals surface area contributed by atoms with Crippen molar-refractivity contribution in [2.45, 2.75) is 10.7 Å². The van der Waals surface area contributed by atoms with Crippen molar-refractivity contribution in [3.63, 3.8) is 0 Å². The van der Waals surface area contributed by atoms with E-state index in [1.807, 2.05) is 6.92 Å². The molecule has 0 N–H and O–H groups in total. The first-order chi connectivity index (χ1) is 5.37. The lowest BCUT2D eigenvalue weighted by Crippen LogP contribution is -2.24. The van der Waals surface area contributed by atoms with E-state index in [0.29, 0.717) is 0 Å². The van der Waals surface area contributed by atoms with Crippen molar-refractivity contribution in [2.24, 2.45) is 5.92 Å². The van der Waals surface area contributed by atoms with Gasteiger partial charge in [0.15, 0.2) is 0 Å². The second-order valence-corrected chi connectivity index (χ2v) is 7.30. The van der Waals surface area contributed by atoms with Crippen LogP contribution in [0.2, 0.25) is 0 Å². The highest BCUT2D eigenvalue weighted by Crippen LogP contribution is 2.51. The maximum Gasteiger partial charge on any atom is 0.137 e. The number of allylic oxidation sites excluding steroid dienone is 4. The molecule has 0 radical (unpaired) electrons. The Kier molecular flexibility index (Phi) is 3.97. The summed E-state index contributed by atoms with van der Waals surface area (Å²) in [4.78, 5) is 0. The van der Waals surface area contributed by atoms with Crippen molar-refractivity contribution in [3.05, 3.63) is 19.5 Å². The Morgan fingerprint density at radius 1 is 1.42 bits per heavy atom. The average molecular weight is 444 g/mol. The molecule has 0 heterocycles. The molecule has 0 saturated heterocycles. The molecule has 0 nitrogen and oxygen atoms in total. The summed E-state index contributed by atoms with van der Waals surface area (Å²) in [6, 6.07) is 0. The van der Waals surface area contributed by atoms with E-state index in [-0.39, 0.29) is 5.92 Å². The molecule has 0 amide bonds. The zero-order valence-electron chi connectivity index (χ0n) is 6.04. The summed E-state index contributed by atoms with van der Waals surface area (Å²) in [5.74, 6) is 0.226. The predicted octanol–water partition coefficient (Wildman–Crippen LogP) is 5.25. The van der Waals surface area contributed by atoms with Gasteiger partial charge in [-0.2, -0.15) is 0 Å². The van der Waals surface area contributed by atoms with Gasteiger partial charge >= 0.3 is 0 Å². The van der Waals surface area contributed by atoms with Crippen LogP contribution in [-0.2, 0) is 0 Å². The predicted molar refractivity (Wildman–Crippen MR) is 68.6 cm³/mol. The largest absolute Gasteiger partial charge is 0.137 e. The first-order valence-corrected chi connectivity index (χ1v) is 6.73. The van der Waals surface area contributed by atoms with Crippen molar-refractivity contribution in [1.82, 2.24) is 0 Å². The minimum atomic E-state index is -0.525. The van der Waals surface area contributed by atoms with Crippen LogP contribution in [0.3, 0.4) is 0 Å². The fraction of sp³-hybridized carbons (Fsp3) is 0.429. The van der Waals surface area contributed by atoms with Gasteiger partial charge in [-0.15, -0.1) is 11.6 Å². The van der Waals surface area contributed by atoms with Crippen LogP contribution < -0.4 is 0 Å². The van der Waals surface area contributed by atoms with Crippen LogP contribution in [-0.4, -0.2) is 3.78 Å². The number of hydrogen-bond acceptors (Lipinski definition) is 0. The minimum absolute atomic E-state index is 0.226. The third-order valence-corrected chi connectivity index (χ3v) is 7.65. The maximum absolute atomic E-state index is 6.25. The number of rotatable bonds is 0. The van der Waals surface area contributed by atoms with Gasteiger partial charge in [0.05, 0.1) is 0 Å². The summed E-state index contributed by atoms with van der Waals surface area (Å²) in [7, 11) is 0. The molecule has 2 atom stereocenters. The summed E-state index contributed by atoms with van der Waals surface area (Å²) < 4.78 is 2.37. The highest BCUT2D eigenvalue weighted by atomic mass is 79.9. The first-order valence-electron chi connectivity index (χ1n) is 3.18. The zero-order chi connectivity index (χ0) is 9.52. The maximum atomic E-state index is 6.25. The smallest absolute Gasteiger partial charge is 0.100 e. The lowest BCUT2D eigenvalue weighted by molar-refractivity contribution is 0.706. The van der Waals surface area contributed by atoms with Crippen molar-refractivity contribution in [2.75, 3.05) is 0 Å². The van der Waals surface area contributed by atoms with Crippen molar-refractivity contribution < 1.29 is 0 Å². The summed E-state index contributed by atoms with van der Waals surface area (Å²) in [6.07, 6.45) is 2.05. The molecule has 0 aliphatic heterocycles. The van der Waals surface area contributed by atoms with E-state index in [1.165, 1.54) is 0 Å². The Morgan fingerprint density at radius 3 is 2.42 bits per heavy atom. The molecule has 1 aliphatic rings. The molecule has 12 heavy (non-hydrogen) atoms. The van der Waals surface area contributed by atoms with Gasteiger partial charge in [-0.3, -0.25) is 0 Å². The van der Waals surface area contributed by atoms with Crippen LogP contribution in [0, 0.1) is 5.92 Å². The summed E-state index contributed by atoms with van der Waals surface area (Å²) in [6.45, 7) is 2.05. The lowest BCUT2D eigenvalue weighted by Gasteiger charge is -2.30. The minimum Gasteiger partial charge on any atom is -0.100 e. The zero-order valence-corrected chi connectivity index (χ0v) is 13.1. The second-order valence-electron chi connectivity index (χ2n) is 2.55. The number of halogens is 5. The first kappa shape index (κ1) is 11.8. The van der Waals surface area contributed by atoms with Gasteiger partial charge in [0, 0.05) is 19.4 Å². The van der Waals surface area contributed by atoms with Gasteiger partial charge in [0.25, 0.3) is 0 Å². The van der Waals surface area contributed by atoms with Crippen LogP contribution in [0.1, 0.15) is 6.92 Å². The molecular formula is C7H5Br4Cl. The van der Waals surface area contributed by atoms with E-state index >= 15 is 0 Å². The molecular weight excluding hydrogens is 439 g/mol. The molecule has 2 unspecified atom stereocenters. The van der Waals surface area contributed by atoms with Crippen molar-refractivity contribution in [1.29, 1.82) is 0 Å². The fourth-order valence-electron chi connectivity index (χ4n) is 0.848. The quantitative estimate of drug-likeness (QED) is 0.448. The van der Waals surface area contributed by atoms with E-state index in [0.717, 1.165) is 13.4 Å². The molecule has 0 aromatic heterocycles. The molecule has 0 spiro atoms. The summed E-state index contributed by atoms with van der Waals surface area (Å²) in [5, 5.41) is 0. The molecule has 1 rings (SSSR count). The average Bonchev–Trinajstić information content (AvgIpc) is 1.99. The lowest BCUT2D eigenvalue weighted by atomic mass is 10.0. The summed E-state index contributed by atoms with van der Waals surface area (Å²) >= 11 is 20.0. The third kappa shape index (κ3) is 2.02. The van der Waals surface area contributed by atoms with Gasteiger partial charge < -0.3 is 0 Å². The van der Waals surface area contributed by atoms with Gasteiger partial charge in [-0.25, -0.2) is 0 Å². The monoisotopic (exact) mass is 440 g/mol. The SMILES string of the molecule is CC1C=C(Br)C(Br)=C(Br)C1(Cl)Br. The molecule has 1 aliphatic carbocycles. The van der Waals surface area contributed by atoms with Crippen molar-refractivity contribution in [3.8, 4) is 0 Å². The topological polar surface area (TPSA) is 0 Å². The van der Waals surface area contributed by atoms with Crippen LogP contribution in [0.15, 0.2) is 19.5 Å². The van der Waals surface area contributed by atoms with Crippen LogP contribution in [0.25, 0.3) is 0 Å². The highest BCUT2D eigenvalue weighted by Gasteiger charge is 2.38. The second kappa shape index (κ2) is 4.05. The molecule has 0 fully saturated rings. The van der Waals surface area contributed by atoms with Gasteiger partial charge in [0.2, 0.25) is 0 Å². The molecule has 0 saturated carbocycles. The Bertz CT molecular complexity index is 267. The Hall–Kier alpha value is 1.69. The standard InChI is InChI=1S/C7H5Br4Cl/c1-3-2-4(8)5(9)6(10)7(3,11)12/h2-3H,1H3. The molecule has 0 aromatic carbocycles. The van der Waals surface area contributed by atoms with E-state index in [4.69, 9.17) is 11.6 Å². The molecule has 0 aromatic rings. The van der Waals surface area contributed by atoms with Crippen LogP contribution in [0.4, 0.5) is 0 Å². The van der Waals surface area contributed by atoms with Gasteiger partial charge in [-0.05, 0) is 31.9 Å². The Morgan fingerprint density at radius 2 is 1.92 bits per heavy atom. The number of hydrogen-bond donors (Lipinski definition) is 0. The Balaban J connectivity index is 3.18. The highest BCUT2D eigenvalue weighted by molar-refractivity contribution is 9.17. The molecule has 0 bridgehead atoms. The van der Waals surface area contributed by atoms with E-state index < -0.39 is 3.78 Å².